The lowest BCUT2D eigenvalue weighted by Crippen LogP contribution is -2.18. The number of hydrogen-bond donors (Lipinski definition) is 1. The van der Waals surface area contributed by atoms with Crippen LogP contribution in [0.25, 0.3) is 0 Å². The molecule has 1 aliphatic rings. The topological polar surface area (TPSA) is 62.3 Å². The third-order valence-corrected chi connectivity index (χ3v) is 5.36. The molecule has 0 bridgehead atoms. The van der Waals surface area contributed by atoms with Crippen molar-refractivity contribution in [2.75, 3.05) is 22.7 Å². The quantitative estimate of drug-likeness (QED) is 0.942. The summed E-state index contributed by atoms with van der Waals surface area (Å²) in [5, 5.41) is 0. The molecule has 0 spiro atoms. The molecule has 1 aliphatic heterocycles. The highest BCUT2D eigenvalue weighted by molar-refractivity contribution is 7.92. The van der Waals surface area contributed by atoms with E-state index in [1.165, 1.54) is 12.8 Å². The lowest BCUT2D eigenvalue weighted by molar-refractivity contribution is 0.600. The number of anilines is 2. The van der Waals surface area contributed by atoms with Crippen molar-refractivity contribution in [2.45, 2.75) is 24.7 Å². The highest BCUT2D eigenvalue weighted by atomic mass is 32.2. The molecule has 2 heterocycles. The number of sulfonamides is 1. The molecular weight excluding hydrogens is 298 g/mol. The number of benzene rings is 1. The molecule has 1 aromatic heterocycles. The second-order valence-electron chi connectivity index (χ2n) is 5.47. The summed E-state index contributed by atoms with van der Waals surface area (Å²) < 4.78 is 27.3. The first-order chi connectivity index (χ1) is 10.6. The minimum atomic E-state index is -3.60. The second kappa shape index (κ2) is 5.96. The Morgan fingerprint density at radius 1 is 1.09 bits per heavy atom. The predicted octanol–water partition coefficient (Wildman–Crippen LogP) is 2.79. The van der Waals surface area contributed by atoms with E-state index in [9.17, 15) is 8.42 Å². The molecule has 1 aromatic carbocycles. The van der Waals surface area contributed by atoms with Gasteiger partial charge in [-0.3, -0.25) is 4.72 Å². The first kappa shape index (κ1) is 14.8. The molecule has 3 rings (SSSR count). The summed E-state index contributed by atoms with van der Waals surface area (Å²) in [4.78, 5) is 6.77. The highest BCUT2D eigenvalue weighted by Gasteiger charge is 2.17. The van der Waals surface area contributed by atoms with Gasteiger partial charge in [0.1, 0.15) is 5.82 Å². The number of aromatic nitrogens is 1. The normalized spacial score (nSPS) is 15.0. The molecule has 0 radical (unpaired) electrons. The van der Waals surface area contributed by atoms with Crippen molar-refractivity contribution in [3.05, 3.63) is 48.2 Å². The maximum absolute atomic E-state index is 12.4. The van der Waals surface area contributed by atoms with Gasteiger partial charge >= 0.3 is 0 Å². The lowest BCUT2D eigenvalue weighted by Gasteiger charge is -2.17. The summed E-state index contributed by atoms with van der Waals surface area (Å²) in [6, 6.07) is 10.5. The zero-order valence-electron chi connectivity index (χ0n) is 12.5. The predicted molar refractivity (Wildman–Crippen MR) is 87.7 cm³/mol. The molecule has 1 saturated heterocycles. The Bertz CT molecular complexity index is 751. The van der Waals surface area contributed by atoms with Crippen LogP contribution in [0.5, 0.6) is 0 Å². The molecule has 116 valence electrons. The van der Waals surface area contributed by atoms with Gasteiger partial charge in [-0.1, -0.05) is 18.2 Å². The molecule has 5 nitrogen and oxygen atoms in total. The van der Waals surface area contributed by atoms with Crippen molar-refractivity contribution in [2.24, 2.45) is 0 Å². The average Bonchev–Trinajstić information content (AvgIpc) is 3.02. The van der Waals surface area contributed by atoms with Crippen molar-refractivity contribution in [3.63, 3.8) is 0 Å². The average molecular weight is 317 g/mol. The number of nitrogens with one attached hydrogen (secondary N) is 1. The van der Waals surface area contributed by atoms with Crippen molar-refractivity contribution in [3.8, 4) is 0 Å². The maximum atomic E-state index is 12.4. The van der Waals surface area contributed by atoms with Gasteiger partial charge in [0.05, 0.1) is 16.8 Å². The number of pyridine rings is 1. The Balaban J connectivity index is 1.79. The summed E-state index contributed by atoms with van der Waals surface area (Å²) in [6.07, 6.45) is 4.12. The Morgan fingerprint density at radius 3 is 2.45 bits per heavy atom. The summed E-state index contributed by atoms with van der Waals surface area (Å²) in [6.45, 7) is 3.85. The van der Waals surface area contributed by atoms with Crippen LogP contribution < -0.4 is 9.62 Å². The SMILES string of the molecule is Cc1ccccc1S(=O)(=O)Nc1ccc(N2CCCC2)cn1. The van der Waals surface area contributed by atoms with Gasteiger partial charge in [-0.2, -0.15) is 0 Å². The first-order valence-corrected chi connectivity index (χ1v) is 8.84. The molecular formula is C16H19N3O2S. The van der Waals surface area contributed by atoms with Crippen LogP contribution in [0, 0.1) is 6.92 Å². The van der Waals surface area contributed by atoms with Crippen LogP contribution in [-0.4, -0.2) is 26.5 Å². The minimum Gasteiger partial charge on any atom is -0.370 e. The number of hydrogen-bond acceptors (Lipinski definition) is 4. The zero-order valence-corrected chi connectivity index (χ0v) is 13.3. The standard InChI is InChI=1S/C16H19N3O2S/c1-13-6-2-3-7-15(13)22(20,21)18-16-9-8-14(12-17-16)19-10-4-5-11-19/h2-3,6-9,12H,4-5,10-11H2,1H3,(H,17,18). The van der Waals surface area contributed by atoms with E-state index >= 15 is 0 Å². The van der Waals surface area contributed by atoms with Crippen molar-refractivity contribution in [1.82, 2.24) is 4.98 Å². The van der Waals surface area contributed by atoms with Gasteiger partial charge in [-0.25, -0.2) is 13.4 Å². The molecule has 1 N–H and O–H groups in total. The van der Waals surface area contributed by atoms with Crippen LogP contribution in [0.15, 0.2) is 47.5 Å². The highest BCUT2D eigenvalue weighted by Crippen LogP contribution is 2.22. The Hall–Kier alpha value is -2.08. The molecule has 0 aliphatic carbocycles. The maximum Gasteiger partial charge on any atom is 0.263 e. The smallest absolute Gasteiger partial charge is 0.263 e. The molecule has 2 aromatic rings. The van der Waals surface area contributed by atoms with Crippen molar-refractivity contribution in [1.29, 1.82) is 0 Å². The second-order valence-corrected chi connectivity index (χ2v) is 7.12. The fourth-order valence-electron chi connectivity index (χ4n) is 2.66. The van der Waals surface area contributed by atoms with Gasteiger partial charge in [0.15, 0.2) is 0 Å². The fraction of sp³-hybridized carbons (Fsp3) is 0.312. The van der Waals surface area contributed by atoms with Gasteiger partial charge in [0.25, 0.3) is 10.0 Å². The van der Waals surface area contributed by atoms with E-state index < -0.39 is 10.0 Å². The van der Waals surface area contributed by atoms with Crippen molar-refractivity contribution < 1.29 is 8.42 Å². The summed E-state index contributed by atoms with van der Waals surface area (Å²) in [5.41, 5.74) is 1.75. The molecule has 1 fully saturated rings. The van der Waals surface area contributed by atoms with Gasteiger partial charge < -0.3 is 4.90 Å². The lowest BCUT2D eigenvalue weighted by atomic mass is 10.2. The molecule has 0 saturated carbocycles. The van der Waals surface area contributed by atoms with E-state index in [4.69, 9.17) is 0 Å². The number of rotatable bonds is 4. The number of aryl methyl sites for hydroxylation is 1. The van der Waals surface area contributed by atoms with Crippen LogP contribution in [0.4, 0.5) is 11.5 Å². The molecule has 0 amide bonds. The van der Waals surface area contributed by atoms with Crippen LogP contribution in [0.2, 0.25) is 0 Å². The molecule has 22 heavy (non-hydrogen) atoms. The zero-order chi connectivity index (χ0) is 15.6. The van der Waals surface area contributed by atoms with Crippen LogP contribution in [0.3, 0.4) is 0 Å². The van der Waals surface area contributed by atoms with Gasteiger partial charge in [0.2, 0.25) is 0 Å². The van der Waals surface area contributed by atoms with E-state index in [1.807, 2.05) is 12.1 Å². The van der Waals surface area contributed by atoms with Gasteiger partial charge in [-0.05, 0) is 43.5 Å². The fourth-order valence-corrected chi connectivity index (χ4v) is 3.92. The third-order valence-electron chi connectivity index (χ3n) is 3.84. The number of nitrogens with zero attached hydrogens (tertiary/aromatic N) is 2. The summed E-state index contributed by atoms with van der Waals surface area (Å²) in [5.74, 6) is 0.339. The van der Waals surface area contributed by atoms with Crippen LogP contribution in [-0.2, 0) is 10.0 Å². The largest absolute Gasteiger partial charge is 0.370 e. The van der Waals surface area contributed by atoms with Crippen LogP contribution in [0.1, 0.15) is 18.4 Å². The van der Waals surface area contributed by atoms with E-state index in [0.29, 0.717) is 11.4 Å². The first-order valence-electron chi connectivity index (χ1n) is 7.36. The Kier molecular flexibility index (Phi) is 4.02. The van der Waals surface area contributed by atoms with E-state index in [2.05, 4.69) is 14.6 Å². The molecule has 6 heteroatoms. The van der Waals surface area contributed by atoms with Crippen molar-refractivity contribution >= 4 is 21.5 Å². The van der Waals surface area contributed by atoms with Crippen LogP contribution >= 0.6 is 0 Å². The monoisotopic (exact) mass is 317 g/mol. The Morgan fingerprint density at radius 2 is 1.82 bits per heavy atom. The van der Waals surface area contributed by atoms with Gasteiger partial charge in [0, 0.05) is 13.1 Å². The third kappa shape index (κ3) is 3.06. The van der Waals surface area contributed by atoms with Gasteiger partial charge in [-0.15, -0.1) is 0 Å². The minimum absolute atomic E-state index is 0.278. The van der Waals surface area contributed by atoms with E-state index in [1.54, 1.807) is 37.4 Å². The molecule has 0 atom stereocenters. The van der Waals surface area contributed by atoms with E-state index in [-0.39, 0.29) is 4.90 Å². The molecule has 0 unspecified atom stereocenters. The Labute approximate surface area is 131 Å². The van der Waals surface area contributed by atoms with E-state index in [0.717, 1.165) is 18.8 Å². The summed E-state index contributed by atoms with van der Waals surface area (Å²) >= 11 is 0. The summed E-state index contributed by atoms with van der Waals surface area (Å²) in [7, 11) is -3.60.